The fourth-order valence-electron chi connectivity index (χ4n) is 1.77. The summed E-state index contributed by atoms with van der Waals surface area (Å²) >= 11 is 0. The molecule has 0 spiro atoms. The highest BCUT2D eigenvalue weighted by molar-refractivity contribution is 5.33. The van der Waals surface area contributed by atoms with E-state index in [1.807, 2.05) is 43.4 Å². The van der Waals surface area contributed by atoms with E-state index >= 15 is 0 Å². The van der Waals surface area contributed by atoms with Crippen LogP contribution < -0.4 is 14.8 Å². The SMILES string of the molecule is CNCc1ccc(OCc2ccccc2OC)cn1. The number of methoxy groups -OCH3 is 1. The van der Waals surface area contributed by atoms with Gasteiger partial charge in [0.25, 0.3) is 0 Å². The van der Waals surface area contributed by atoms with E-state index in [0.717, 1.165) is 29.3 Å². The van der Waals surface area contributed by atoms with Crippen molar-refractivity contribution in [3.8, 4) is 11.5 Å². The molecule has 0 atom stereocenters. The molecule has 0 aliphatic heterocycles. The number of para-hydroxylation sites is 1. The van der Waals surface area contributed by atoms with Crippen LogP contribution in [0.15, 0.2) is 42.6 Å². The van der Waals surface area contributed by atoms with E-state index in [0.29, 0.717) is 6.61 Å². The number of hydrogen-bond donors (Lipinski definition) is 1. The highest BCUT2D eigenvalue weighted by atomic mass is 16.5. The molecule has 1 heterocycles. The second-order valence-corrected chi connectivity index (χ2v) is 4.12. The molecule has 4 heteroatoms. The van der Waals surface area contributed by atoms with Gasteiger partial charge in [0.2, 0.25) is 0 Å². The molecule has 4 nitrogen and oxygen atoms in total. The van der Waals surface area contributed by atoms with Gasteiger partial charge in [-0.3, -0.25) is 4.98 Å². The second-order valence-electron chi connectivity index (χ2n) is 4.12. The van der Waals surface area contributed by atoms with Crippen LogP contribution in [-0.4, -0.2) is 19.1 Å². The Morgan fingerprint density at radius 2 is 2.00 bits per heavy atom. The van der Waals surface area contributed by atoms with Crippen molar-refractivity contribution in [2.45, 2.75) is 13.2 Å². The number of pyridine rings is 1. The van der Waals surface area contributed by atoms with E-state index in [1.54, 1.807) is 13.3 Å². The minimum Gasteiger partial charge on any atom is -0.496 e. The largest absolute Gasteiger partial charge is 0.496 e. The fraction of sp³-hybridized carbons (Fsp3) is 0.267. The Morgan fingerprint density at radius 3 is 2.68 bits per heavy atom. The van der Waals surface area contributed by atoms with Crippen molar-refractivity contribution in [1.82, 2.24) is 10.3 Å². The molecule has 0 saturated carbocycles. The summed E-state index contributed by atoms with van der Waals surface area (Å²) in [5.41, 5.74) is 2.01. The van der Waals surface area contributed by atoms with Gasteiger partial charge in [0.15, 0.2) is 0 Å². The number of nitrogens with zero attached hydrogens (tertiary/aromatic N) is 1. The van der Waals surface area contributed by atoms with Gasteiger partial charge in [0, 0.05) is 12.1 Å². The quantitative estimate of drug-likeness (QED) is 0.864. The maximum absolute atomic E-state index is 5.70. The number of nitrogens with one attached hydrogen (secondary N) is 1. The van der Waals surface area contributed by atoms with Crippen molar-refractivity contribution in [2.75, 3.05) is 14.2 Å². The summed E-state index contributed by atoms with van der Waals surface area (Å²) in [6, 6.07) is 11.7. The topological polar surface area (TPSA) is 43.4 Å². The van der Waals surface area contributed by atoms with Crippen molar-refractivity contribution in [2.24, 2.45) is 0 Å². The van der Waals surface area contributed by atoms with Crippen molar-refractivity contribution in [1.29, 1.82) is 0 Å². The Balaban J connectivity index is 1.98. The first-order valence-corrected chi connectivity index (χ1v) is 6.17. The van der Waals surface area contributed by atoms with Crippen LogP contribution in [-0.2, 0) is 13.2 Å². The molecule has 1 aromatic heterocycles. The molecule has 0 bridgehead atoms. The first kappa shape index (κ1) is 13.4. The predicted molar refractivity (Wildman–Crippen MR) is 74.3 cm³/mol. The highest BCUT2D eigenvalue weighted by Gasteiger charge is 2.03. The first-order chi connectivity index (χ1) is 9.33. The van der Waals surface area contributed by atoms with E-state index in [4.69, 9.17) is 9.47 Å². The van der Waals surface area contributed by atoms with E-state index in [-0.39, 0.29) is 0 Å². The molecule has 0 aliphatic carbocycles. The van der Waals surface area contributed by atoms with Crippen LogP contribution in [0, 0.1) is 0 Å². The van der Waals surface area contributed by atoms with Gasteiger partial charge >= 0.3 is 0 Å². The van der Waals surface area contributed by atoms with Gasteiger partial charge in [0.05, 0.1) is 19.0 Å². The Bertz CT molecular complexity index is 512. The van der Waals surface area contributed by atoms with Crippen LogP contribution in [0.2, 0.25) is 0 Å². The maximum Gasteiger partial charge on any atom is 0.138 e. The minimum atomic E-state index is 0.469. The maximum atomic E-state index is 5.70. The zero-order valence-electron chi connectivity index (χ0n) is 11.2. The Morgan fingerprint density at radius 1 is 1.16 bits per heavy atom. The average molecular weight is 258 g/mol. The van der Waals surface area contributed by atoms with E-state index in [9.17, 15) is 0 Å². The molecular formula is C15H18N2O2. The van der Waals surface area contributed by atoms with Gasteiger partial charge in [-0.15, -0.1) is 0 Å². The van der Waals surface area contributed by atoms with Gasteiger partial charge in [-0.25, -0.2) is 0 Å². The fourth-order valence-corrected chi connectivity index (χ4v) is 1.77. The molecule has 0 aliphatic rings. The number of benzene rings is 1. The van der Waals surface area contributed by atoms with Crippen LogP contribution >= 0.6 is 0 Å². The van der Waals surface area contributed by atoms with Crippen LogP contribution in [0.4, 0.5) is 0 Å². The number of rotatable bonds is 6. The van der Waals surface area contributed by atoms with E-state index in [2.05, 4.69) is 10.3 Å². The molecule has 1 aromatic carbocycles. The zero-order chi connectivity index (χ0) is 13.5. The van der Waals surface area contributed by atoms with Crippen molar-refractivity contribution in [3.63, 3.8) is 0 Å². The van der Waals surface area contributed by atoms with Gasteiger partial charge < -0.3 is 14.8 Å². The molecule has 0 saturated heterocycles. The van der Waals surface area contributed by atoms with Crippen LogP contribution in [0.25, 0.3) is 0 Å². The van der Waals surface area contributed by atoms with Gasteiger partial charge in [-0.05, 0) is 25.2 Å². The Hall–Kier alpha value is -2.07. The highest BCUT2D eigenvalue weighted by Crippen LogP contribution is 2.19. The minimum absolute atomic E-state index is 0.469. The van der Waals surface area contributed by atoms with Crippen LogP contribution in [0.5, 0.6) is 11.5 Å². The third-order valence-corrected chi connectivity index (χ3v) is 2.74. The first-order valence-electron chi connectivity index (χ1n) is 6.17. The second kappa shape index (κ2) is 6.75. The standard InChI is InChI=1S/C15H18N2O2/c1-16-9-13-7-8-14(10-17-13)19-11-12-5-3-4-6-15(12)18-2/h3-8,10,16H,9,11H2,1-2H3. The summed E-state index contributed by atoms with van der Waals surface area (Å²) in [6.07, 6.45) is 1.74. The smallest absolute Gasteiger partial charge is 0.138 e. The lowest BCUT2D eigenvalue weighted by Crippen LogP contribution is -2.06. The molecule has 0 radical (unpaired) electrons. The lowest BCUT2D eigenvalue weighted by atomic mass is 10.2. The molecule has 1 N–H and O–H groups in total. The number of ether oxygens (including phenoxy) is 2. The molecule has 0 amide bonds. The molecule has 2 aromatic rings. The lowest BCUT2D eigenvalue weighted by molar-refractivity contribution is 0.295. The zero-order valence-corrected chi connectivity index (χ0v) is 11.2. The Labute approximate surface area is 113 Å². The molecular weight excluding hydrogens is 240 g/mol. The summed E-state index contributed by atoms with van der Waals surface area (Å²) in [7, 11) is 3.56. The normalized spacial score (nSPS) is 10.2. The van der Waals surface area contributed by atoms with Gasteiger partial charge in [-0.2, -0.15) is 0 Å². The predicted octanol–water partition coefficient (Wildman–Crippen LogP) is 2.39. The van der Waals surface area contributed by atoms with Crippen molar-refractivity contribution >= 4 is 0 Å². The molecule has 2 rings (SSSR count). The van der Waals surface area contributed by atoms with Crippen LogP contribution in [0.1, 0.15) is 11.3 Å². The molecule has 19 heavy (non-hydrogen) atoms. The third kappa shape index (κ3) is 3.69. The van der Waals surface area contributed by atoms with Crippen LogP contribution in [0.3, 0.4) is 0 Å². The number of hydrogen-bond acceptors (Lipinski definition) is 4. The lowest BCUT2D eigenvalue weighted by Gasteiger charge is -2.10. The van der Waals surface area contributed by atoms with Gasteiger partial charge in [-0.1, -0.05) is 18.2 Å². The number of aromatic nitrogens is 1. The Kier molecular flexibility index (Phi) is 4.75. The molecule has 0 fully saturated rings. The molecule has 100 valence electrons. The van der Waals surface area contributed by atoms with Crippen molar-refractivity contribution in [3.05, 3.63) is 53.9 Å². The third-order valence-electron chi connectivity index (χ3n) is 2.74. The van der Waals surface area contributed by atoms with E-state index < -0.39 is 0 Å². The van der Waals surface area contributed by atoms with Crippen molar-refractivity contribution < 1.29 is 9.47 Å². The summed E-state index contributed by atoms with van der Waals surface area (Å²) in [5.74, 6) is 1.59. The summed E-state index contributed by atoms with van der Waals surface area (Å²) in [4.78, 5) is 4.30. The summed E-state index contributed by atoms with van der Waals surface area (Å²) in [5, 5.41) is 3.06. The monoisotopic (exact) mass is 258 g/mol. The van der Waals surface area contributed by atoms with E-state index in [1.165, 1.54) is 0 Å². The average Bonchev–Trinajstić information content (AvgIpc) is 2.47. The summed E-state index contributed by atoms with van der Waals surface area (Å²) < 4.78 is 11.0. The van der Waals surface area contributed by atoms with Gasteiger partial charge in [0.1, 0.15) is 18.1 Å². The molecule has 0 unspecified atom stereocenters. The summed E-state index contributed by atoms with van der Waals surface area (Å²) in [6.45, 7) is 1.23.